The van der Waals surface area contributed by atoms with Gasteiger partial charge in [0.2, 0.25) is 0 Å². The number of aromatic hydroxyl groups is 1. The van der Waals surface area contributed by atoms with E-state index in [-0.39, 0.29) is 24.8 Å². The van der Waals surface area contributed by atoms with Crippen molar-refractivity contribution in [3.05, 3.63) is 23.8 Å². The third-order valence-electron chi connectivity index (χ3n) is 2.95. The molecule has 3 nitrogen and oxygen atoms in total. The number of halogens is 2. The molecule has 0 unspecified atom stereocenters. The smallest absolute Gasteiger partial charge is 0.120 e. The number of hydrogen-bond acceptors (Lipinski definition) is 3. The molecule has 0 bridgehead atoms. The zero-order chi connectivity index (χ0) is 10.7. The number of nitrogens with zero attached hydrogens (tertiary/aromatic N) is 1. The van der Waals surface area contributed by atoms with E-state index >= 15 is 0 Å². The summed E-state index contributed by atoms with van der Waals surface area (Å²) in [5, 5.41) is 9.68. The van der Waals surface area contributed by atoms with Gasteiger partial charge in [-0.2, -0.15) is 0 Å². The molecule has 1 saturated heterocycles. The molecule has 3 N–H and O–H groups in total. The summed E-state index contributed by atoms with van der Waals surface area (Å²) in [4.78, 5) is 2.37. The molecule has 0 aromatic heterocycles. The number of hydrogen-bond donors (Lipinski definition) is 2. The molecule has 1 aromatic carbocycles. The SMILES string of the molecule is Cl.Cl.Nc1ccc(O)c(CN2CCCCC2)c1. The molecule has 98 valence electrons. The van der Waals surface area contributed by atoms with Gasteiger partial charge >= 0.3 is 0 Å². The zero-order valence-corrected chi connectivity index (χ0v) is 11.4. The van der Waals surface area contributed by atoms with Crippen LogP contribution in [0.25, 0.3) is 0 Å². The number of nitrogen functional groups attached to an aromatic ring is 1. The van der Waals surface area contributed by atoms with Crippen LogP contribution in [-0.2, 0) is 6.54 Å². The summed E-state index contributed by atoms with van der Waals surface area (Å²) in [5.41, 5.74) is 7.37. The predicted octanol–water partition coefficient (Wildman–Crippen LogP) is 2.80. The Balaban J connectivity index is 0.00000128. The molecule has 0 spiro atoms. The molecule has 0 amide bonds. The van der Waals surface area contributed by atoms with Gasteiger partial charge in [0.1, 0.15) is 5.75 Å². The van der Waals surface area contributed by atoms with Crippen LogP contribution < -0.4 is 5.73 Å². The summed E-state index contributed by atoms with van der Waals surface area (Å²) in [7, 11) is 0. The van der Waals surface area contributed by atoms with E-state index in [4.69, 9.17) is 5.73 Å². The fourth-order valence-electron chi connectivity index (χ4n) is 2.09. The van der Waals surface area contributed by atoms with Crippen LogP contribution in [-0.4, -0.2) is 23.1 Å². The first-order valence-corrected chi connectivity index (χ1v) is 5.55. The Morgan fingerprint density at radius 1 is 1.12 bits per heavy atom. The molecule has 1 aliphatic heterocycles. The van der Waals surface area contributed by atoms with Crippen molar-refractivity contribution in [1.29, 1.82) is 0 Å². The van der Waals surface area contributed by atoms with Crippen molar-refractivity contribution in [3.63, 3.8) is 0 Å². The van der Waals surface area contributed by atoms with E-state index < -0.39 is 0 Å². The Bertz CT molecular complexity index is 341. The molecular formula is C12H20Cl2N2O. The van der Waals surface area contributed by atoms with Crippen LogP contribution in [0.5, 0.6) is 5.75 Å². The number of anilines is 1. The molecule has 5 heteroatoms. The maximum atomic E-state index is 9.68. The first kappa shape index (κ1) is 16.4. The molecule has 1 heterocycles. The van der Waals surface area contributed by atoms with Crippen molar-refractivity contribution in [1.82, 2.24) is 4.90 Å². The van der Waals surface area contributed by atoms with Crippen LogP contribution in [0.1, 0.15) is 24.8 Å². The maximum Gasteiger partial charge on any atom is 0.120 e. The predicted molar refractivity (Wildman–Crippen MR) is 76.1 cm³/mol. The minimum absolute atomic E-state index is 0. The number of piperidine rings is 1. The second-order valence-electron chi connectivity index (χ2n) is 4.22. The lowest BCUT2D eigenvalue weighted by molar-refractivity contribution is 0.218. The van der Waals surface area contributed by atoms with E-state index in [1.807, 2.05) is 6.07 Å². The molecule has 0 saturated carbocycles. The number of rotatable bonds is 2. The van der Waals surface area contributed by atoms with Crippen molar-refractivity contribution < 1.29 is 5.11 Å². The molecule has 0 atom stereocenters. The quantitative estimate of drug-likeness (QED) is 0.646. The van der Waals surface area contributed by atoms with Gasteiger partial charge < -0.3 is 10.8 Å². The van der Waals surface area contributed by atoms with Gasteiger partial charge in [0.25, 0.3) is 0 Å². The summed E-state index contributed by atoms with van der Waals surface area (Å²) >= 11 is 0. The van der Waals surface area contributed by atoms with Crippen molar-refractivity contribution in [2.75, 3.05) is 18.8 Å². The average molecular weight is 279 g/mol. The van der Waals surface area contributed by atoms with Gasteiger partial charge in [-0.3, -0.25) is 4.90 Å². The Morgan fingerprint density at radius 2 is 1.76 bits per heavy atom. The second kappa shape index (κ2) is 7.64. The van der Waals surface area contributed by atoms with Gasteiger partial charge in [0, 0.05) is 17.8 Å². The van der Waals surface area contributed by atoms with Gasteiger partial charge in [0.05, 0.1) is 0 Å². The number of benzene rings is 1. The Hall–Kier alpha value is -0.640. The lowest BCUT2D eigenvalue weighted by atomic mass is 10.1. The second-order valence-corrected chi connectivity index (χ2v) is 4.22. The van der Waals surface area contributed by atoms with Crippen molar-refractivity contribution in [3.8, 4) is 5.75 Å². The van der Waals surface area contributed by atoms with Crippen molar-refractivity contribution in [2.24, 2.45) is 0 Å². The van der Waals surface area contributed by atoms with E-state index in [9.17, 15) is 5.11 Å². The molecule has 0 radical (unpaired) electrons. The number of phenols is 1. The monoisotopic (exact) mass is 278 g/mol. The van der Waals surface area contributed by atoms with Gasteiger partial charge in [0.15, 0.2) is 0 Å². The normalized spacial score (nSPS) is 15.8. The Morgan fingerprint density at radius 3 is 2.41 bits per heavy atom. The maximum absolute atomic E-state index is 9.68. The van der Waals surface area contributed by atoms with E-state index in [1.54, 1.807) is 12.1 Å². The first-order valence-electron chi connectivity index (χ1n) is 5.55. The molecule has 0 aliphatic carbocycles. The zero-order valence-electron chi connectivity index (χ0n) is 9.76. The van der Waals surface area contributed by atoms with E-state index in [0.717, 1.165) is 30.9 Å². The highest BCUT2D eigenvalue weighted by molar-refractivity contribution is 5.85. The van der Waals surface area contributed by atoms with Gasteiger partial charge in [-0.1, -0.05) is 6.42 Å². The Labute approximate surface area is 115 Å². The fraction of sp³-hybridized carbons (Fsp3) is 0.500. The van der Waals surface area contributed by atoms with E-state index in [1.165, 1.54) is 19.3 Å². The third kappa shape index (κ3) is 4.62. The first-order chi connectivity index (χ1) is 7.25. The Kier molecular flexibility index (Phi) is 7.35. The summed E-state index contributed by atoms with van der Waals surface area (Å²) in [5.74, 6) is 0.356. The molecule has 2 rings (SSSR count). The topological polar surface area (TPSA) is 49.5 Å². The van der Waals surface area contributed by atoms with E-state index in [2.05, 4.69) is 4.90 Å². The van der Waals surface area contributed by atoms with Crippen LogP contribution in [0.4, 0.5) is 5.69 Å². The molecule has 1 fully saturated rings. The van der Waals surface area contributed by atoms with Crippen molar-refractivity contribution in [2.45, 2.75) is 25.8 Å². The third-order valence-corrected chi connectivity index (χ3v) is 2.95. The standard InChI is InChI=1S/C12H18N2O.2ClH/c13-11-4-5-12(15)10(8-11)9-14-6-2-1-3-7-14;;/h4-5,8,15H,1-3,6-7,9,13H2;2*1H. The van der Waals surface area contributed by atoms with Crippen LogP contribution in [0.15, 0.2) is 18.2 Å². The fourth-order valence-corrected chi connectivity index (χ4v) is 2.09. The number of likely N-dealkylation sites (tertiary alicyclic amines) is 1. The van der Waals surface area contributed by atoms with Crippen LogP contribution in [0.3, 0.4) is 0 Å². The van der Waals surface area contributed by atoms with Crippen LogP contribution in [0, 0.1) is 0 Å². The lowest BCUT2D eigenvalue weighted by Crippen LogP contribution is -2.29. The molecular weight excluding hydrogens is 259 g/mol. The number of nitrogens with two attached hydrogens (primary N) is 1. The summed E-state index contributed by atoms with van der Waals surface area (Å²) < 4.78 is 0. The van der Waals surface area contributed by atoms with E-state index in [0.29, 0.717) is 5.75 Å². The minimum atomic E-state index is 0. The average Bonchev–Trinajstić information content (AvgIpc) is 2.25. The highest BCUT2D eigenvalue weighted by Crippen LogP contribution is 2.22. The minimum Gasteiger partial charge on any atom is -0.508 e. The lowest BCUT2D eigenvalue weighted by Gasteiger charge is -2.26. The summed E-state index contributed by atoms with van der Waals surface area (Å²) in [6.45, 7) is 3.08. The van der Waals surface area contributed by atoms with Gasteiger partial charge in [-0.15, -0.1) is 24.8 Å². The van der Waals surface area contributed by atoms with Crippen LogP contribution in [0.2, 0.25) is 0 Å². The van der Waals surface area contributed by atoms with Crippen molar-refractivity contribution >= 4 is 30.5 Å². The molecule has 17 heavy (non-hydrogen) atoms. The highest BCUT2D eigenvalue weighted by atomic mass is 35.5. The number of phenolic OH excluding ortho intramolecular Hbond substituents is 1. The highest BCUT2D eigenvalue weighted by Gasteiger charge is 2.12. The van der Waals surface area contributed by atoms with Gasteiger partial charge in [-0.25, -0.2) is 0 Å². The van der Waals surface area contributed by atoms with Gasteiger partial charge in [-0.05, 0) is 44.1 Å². The largest absolute Gasteiger partial charge is 0.508 e. The molecule has 1 aromatic rings. The molecule has 1 aliphatic rings. The summed E-state index contributed by atoms with van der Waals surface area (Å²) in [6, 6.07) is 5.27. The van der Waals surface area contributed by atoms with Crippen LogP contribution >= 0.6 is 24.8 Å². The summed E-state index contributed by atoms with van der Waals surface area (Å²) in [6.07, 6.45) is 3.87.